The fourth-order valence-electron chi connectivity index (χ4n) is 3.14. The standard InChI is InChI=1S/C19H26O3S.Na/c1-11(2)14-7-8-15-17(9-14)18(23(20,21)22)10-16(12(3)4)19(15)13(5)6;/h7-13H,1-6H3,(H,20,21,22);/q;+1/p-1. The molecule has 3 nitrogen and oxygen atoms in total. The Morgan fingerprint density at radius 1 is 0.833 bits per heavy atom. The van der Waals surface area contributed by atoms with Crippen molar-refractivity contribution in [3.63, 3.8) is 0 Å². The largest absolute Gasteiger partial charge is 1.00 e. The van der Waals surface area contributed by atoms with E-state index in [4.69, 9.17) is 0 Å². The second-order valence-corrected chi connectivity index (χ2v) is 8.45. The zero-order valence-electron chi connectivity index (χ0n) is 15.7. The van der Waals surface area contributed by atoms with Gasteiger partial charge in [0.1, 0.15) is 10.1 Å². The molecule has 0 aromatic heterocycles. The number of benzene rings is 2. The Morgan fingerprint density at radius 3 is 1.83 bits per heavy atom. The van der Waals surface area contributed by atoms with Crippen LogP contribution in [0.25, 0.3) is 10.8 Å². The van der Waals surface area contributed by atoms with Crippen LogP contribution in [0.5, 0.6) is 0 Å². The summed E-state index contributed by atoms with van der Waals surface area (Å²) in [6.07, 6.45) is 0. The molecule has 0 bridgehead atoms. The molecule has 0 aliphatic carbocycles. The van der Waals surface area contributed by atoms with E-state index < -0.39 is 10.1 Å². The topological polar surface area (TPSA) is 57.2 Å². The first kappa shape index (κ1) is 21.7. The van der Waals surface area contributed by atoms with Gasteiger partial charge in [-0.3, -0.25) is 0 Å². The monoisotopic (exact) mass is 356 g/mol. The van der Waals surface area contributed by atoms with Gasteiger partial charge in [-0.05, 0) is 57.3 Å². The summed E-state index contributed by atoms with van der Waals surface area (Å²) in [5.41, 5.74) is 3.12. The quantitative estimate of drug-likeness (QED) is 0.623. The first-order chi connectivity index (χ1) is 10.5. The van der Waals surface area contributed by atoms with Gasteiger partial charge in [-0.25, -0.2) is 8.42 Å². The molecule has 0 saturated carbocycles. The summed E-state index contributed by atoms with van der Waals surface area (Å²) in [5, 5.41) is 1.43. The normalized spacial score (nSPS) is 12.2. The maximum atomic E-state index is 11.8. The Morgan fingerprint density at radius 2 is 1.42 bits per heavy atom. The molecule has 0 aliphatic rings. The van der Waals surface area contributed by atoms with E-state index in [0.717, 1.165) is 22.1 Å². The molecule has 0 N–H and O–H groups in total. The van der Waals surface area contributed by atoms with E-state index in [-0.39, 0.29) is 52.2 Å². The van der Waals surface area contributed by atoms with Crippen molar-refractivity contribution in [1.82, 2.24) is 0 Å². The number of hydrogen-bond acceptors (Lipinski definition) is 3. The van der Waals surface area contributed by atoms with Crippen molar-refractivity contribution in [2.24, 2.45) is 0 Å². The average molecular weight is 356 g/mol. The molecule has 0 fully saturated rings. The minimum atomic E-state index is -4.52. The van der Waals surface area contributed by atoms with Crippen molar-refractivity contribution in [3.05, 3.63) is 41.0 Å². The van der Waals surface area contributed by atoms with Crippen molar-refractivity contribution in [2.45, 2.75) is 64.2 Å². The Balaban J connectivity index is 0.00000288. The van der Waals surface area contributed by atoms with Gasteiger partial charge in [0.15, 0.2) is 0 Å². The maximum absolute atomic E-state index is 11.8. The van der Waals surface area contributed by atoms with Gasteiger partial charge in [-0.15, -0.1) is 0 Å². The zero-order chi connectivity index (χ0) is 17.5. The molecule has 24 heavy (non-hydrogen) atoms. The smallest absolute Gasteiger partial charge is 0.744 e. The predicted molar refractivity (Wildman–Crippen MR) is 94.2 cm³/mol. The molecular weight excluding hydrogens is 331 g/mol. The van der Waals surface area contributed by atoms with E-state index in [1.54, 1.807) is 6.07 Å². The molecule has 0 atom stereocenters. The van der Waals surface area contributed by atoms with Crippen LogP contribution in [-0.2, 0) is 10.1 Å². The molecular formula is C19H25NaO3S. The summed E-state index contributed by atoms with van der Waals surface area (Å²) in [4.78, 5) is -0.0944. The molecule has 0 unspecified atom stereocenters. The summed E-state index contributed by atoms with van der Waals surface area (Å²) < 4.78 is 35.5. The summed E-state index contributed by atoms with van der Waals surface area (Å²) in [7, 11) is -4.52. The van der Waals surface area contributed by atoms with E-state index in [9.17, 15) is 13.0 Å². The van der Waals surface area contributed by atoms with Crippen molar-refractivity contribution in [1.29, 1.82) is 0 Å². The number of hydrogen-bond donors (Lipinski definition) is 0. The van der Waals surface area contributed by atoms with Crippen LogP contribution in [0.15, 0.2) is 29.2 Å². The summed E-state index contributed by atoms with van der Waals surface area (Å²) in [5.74, 6) is 0.680. The van der Waals surface area contributed by atoms with Crippen LogP contribution in [0.2, 0.25) is 0 Å². The Kier molecular flexibility index (Phi) is 7.11. The van der Waals surface area contributed by atoms with Crippen LogP contribution >= 0.6 is 0 Å². The van der Waals surface area contributed by atoms with E-state index in [0.29, 0.717) is 5.39 Å². The molecule has 0 saturated heterocycles. The van der Waals surface area contributed by atoms with Gasteiger partial charge in [0, 0.05) is 0 Å². The van der Waals surface area contributed by atoms with Crippen molar-refractivity contribution < 1.29 is 42.5 Å². The van der Waals surface area contributed by atoms with Crippen LogP contribution in [-0.4, -0.2) is 13.0 Å². The minimum absolute atomic E-state index is 0. The van der Waals surface area contributed by atoms with Crippen molar-refractivity contribution >= 4 is 20.9 Å². The third-order valence-corrected chi connectivity index (χ3v) is 5.21. The third kappa shape index (κ3) is 4.23. The van der Waals surface area contributed by atoms with Gasteiger partial charge in [-0.1, -0.05) is 53.7 Å². The van der Waals surface area contributed by atoms with Crippen LogP contribution in [0.4, 0.5) is 0 Å². The SMILES string of the molecule is CC(C)c1ccc2c(C(C)C)c(C(C)C)cc(S(=O)(=O)[O-])c2c1.[Na+]. The number of rotatable bonds is 4. The van der Waals surface area contributed by atoms with E-state index in [1.165, 1.54) is 0 Å². The van der Waals surface area contributed by atoms with E-state index in [1.807, 2.05) is 32.0 Å². The molecule has 2 rings (SSSR count). The summed E-state index contributed by atoms with van der Waals surface area (Å²) in [6, 6.07) is 7.46. The maximum Gasteiger partial charge on any atom is 1.00 e. The Hall–Kier alpha value is -0.390. The second-order valence-electron chi connectivity index (χ2n) is 7.10. The molecule has 2 aromatic rings. The van der Waals surface area contributed by atoms with Crippen LogP contribution in [0.1, 0.15) is 76.0 Å². The van der Waals surface area contributed by atoms with Gasteiger partial charge >= 0.3 is 29.6 Å². The Bertz CT molecular complexity index is 837. The fraction of sp³-hybridized carbons (Fsp3) is 0.474. The molecule has 0 aliphatic heterocycles. The predicted octanol–water partition coefficient (Wildman–Crippen LogP) is 2.12. The summed E-state index contributed by atoms with van der Waals surface area (Å²) >= 11 is 0. The molecule has 2 aromatic carbocycles. The van der Waals surface area contributed by atoms with Gasteiger partial charge in [-0.2, -0.15) is 0 Å². The molecule has 126 valence electrons. The first-order valence-electron chi connectivity index (χ1n) is 8.10. The second kappa shape index (κ2) is 7.88. The van der Waals surface area contributed by atoms with Gasteiger partial charge in [0.2, 0.25) is 0 Å². The van der Waals surface area contributed by atoms with Gasteiger partial charge < -0.3 is 4.55 Å². The van der Waals surface area contributed by atoms with Crippen LogP contribution in [0, 0.1) is 0 Å². The molecule has 0 heterocycles. The molecule has 0 radical (unpaired) electrons. The average Bonchev–Trinajstić information content (AvgIpc) is 2.42. The first-order valence-corrected chi connectivity index (χ1v) is 9.51. The van der Waals surface area contributed by atoms with Crippen LogP contribution < -0.4 is 29.6 Å². The van der Waals surface area contributed by atoms with Gasteiger partial charge in [0.05, 0.1) is 4.90 Å². The van der Waals surface area contributed by atoms with Crippen molar-refractivity contribution in [3.8, 4) is 0 Å². The molecule has 0 spiro atoms. The van der Waals surface area contributed by atoms with Gasteiger partial charge in [0.25, 0.3) is 0 Å². The zero-order valence-corrected chi connectivity index (χ0v) is 18.5. The Labute approximate surface area is 167 Å². The third-order valence-electron chi connectivity index (χ3n) is 4.33. The molecule has 0 amide bonds. The fourth-order valence-corrected chi connectivity index (χ4v) is 3.85. The van der Waals surface area contributed by atoms with E-state index in [2.05, 4.69) is 27.7 Å². The van der Waals surface area contributed by atoms with E-state index >= 15 is 0 Å². The summed E-state index contributed by atoms with van der Waals surface area (Å²) in [6.45, 7) is 12.4. The van der Waals surface area contributed by atoms with Crippen LogP contribution in [0.3, 0.4) is 0 Å². The number of fused-ring (bicyclic) bond motifs is 1. The minimum Gasteiger partial charge on any atom is -0.744 e. The van der Waals surface area contributed by atoms with Crippen molar-refractivity contribution in [2.75, 3.05) is 0 Å². The molecule has 5 heteroatoms.